The second-order valence-electron chi connectivity index (χ2n) is 5.05. The van der Waals surface area contributed by atoms with Gasteiger partial charge in [0, 0.05) is 12.4 Å². The molecule has 0 atom stereocenters. The van der Waals surface area contributed by atoms with Crippen molar-refractivity contribution in [2.75, 3.05) is 5.32 Å². The lowest BCUT2D eigenvalue weighted by Gasteiger charge is -2.07. The Morgan fingerprint density at radius 1 is 1.26 bits per heavy atom. The lowest BCUT2D eigenvalue weighted by molar-refractivity contribution is -0.115. The molecule has 3 N–H and O–H groups in total. The third-order valence-corrected chi connectivity index (χ3v) is 4.42. The molecule has 7 heteroatoms. The van der Waals surface area contributed by atoms with Crippen molar-refractivity contribution in [3.8, 4) is 0 Å². The Kier molecular flexibility index (Phi) is 4.03. The molecule has 0 aliphatic rings. The van der Waals surface area contributed by atoms with Crippen LogP contribution in [0.15, 0.2) is 36.0 Å². The molecule has 0 aliphatic carbocycles. The molecule has 0 spiro atoms. The van der Waals surface area contributed by atoms with E-state index in [9.17, 15) is 9.59 Å². The number of thiophene rings is 1. The molecule has 0 saturated heterocycles. The molecular weight excluding hydrogens is 312 g/mol. The molecule has 0 aliphatic heterocycles. The fraction of sp³-hybridized carbons (Fsp3) is 0.125. The van der Waals surface area contributed by atoms with Crippen LogP contribution in [0.3, 0.4) is 0 Å². The zero-order valence-electron chi connectivity index (χ0n) is 12.4. The molecule has 2 amide bonds. The van der Waals surface area contributed by atoms with E-state index in [0.717, 1.165) is 16.6 Å². The summed E-state index contributed by atoms with van der Waals surface area (Å²) in [6, 6.07) is 5.52. The number of primary amides is 1. The minimum absolute atomic E-state index is 0.144. The van der Waals surface area contributed by atoms with E-state index in [0.29, 0.717) is 16.1 Å². The van der Waals surface area contributed by atoms with Gasteiger partial charge in [0.25, 0.3) is 5.91 Å². The molecule has 3 rings (SSSR count). The SMILES string of the molecule is Cc1csc(NC(=O)Cc2cccc3nccnc23)c1C(N)=O. The van der Waals surface area contributed by atoms with E-state index in [1.54, 1.807) is 24.7 Å². The van der Waals surface area contributed by atoms with Crippen molar-refractivity contribution in [1.82, 2.24) is 9.97 Å². The van der Waals surface area contributed by atoms with Crippen LogP contribution in [0.1, 0.15) is 21.5 Å². The van der Waals surface area contributed by atoms with Crippen molar-refractivity contribution in [1.29, 1.82) is 0 Å². The first-order valence-corrected chi connectivity index (χ1v) is 7.80. The number of fused-ring (bicyclic) bond motifs is 1. The van der Waals surface area contributed by atoms with Gasteiger partial charge >= 0.3 is 0 Å². The molecule has 23 heavy (non-hydrogen) atoms. The number of aryl methyl sites for hydroxylation is 1. The maximum Gasteiger partial charge on any atom is 0.251 e. The van der Waals surface area contributed by atoms with E-state index in [4.69, 9.17) is 5.73 Å². The van der Waals surface area contributed by atoms with Crippen LogP contribution in [0, 0.1) is 6.92 Å². The van der Waals surface area contributed by atoms with Crippen molar-refractivity contribution in [2.24, 2.45) is 5.73 Å². The van der Waals surface area contributed by atoms with Gasteiger partial charge in [-0.3, -0.25) is 19.6 Å². The fourth-order valence-electron chi connectivity index (χ4n) is 2.38. The highest BCUT2D eigenvalue weighted by Gasteiger charge is 2.17. The summed E-state index contributed by atoms with van der Waals surface area (Å²) in [6.07, 6.45) is 3.35. The van der Waals surface area contributed by atoms with Gasteiger partial charge in [0.05, 0.1) is 23.0 Å². The van der Waals surface area contributed by atoms with Gasteiger partial charge in [0.1, 0.15) is 5.00 Å². The topological polar surface area (TPSA) is 98.0 Å². The van der Waals surface area contributed by atoms with E-state index >= 15 is 0 Å². The quantitative estimate of drug-likeness (QED) is 0.768. The number of nitrogens with zero attached hydrogens (tertiary/aromatic N) is 2. The summed E-state index contributed by atoms with van der Waals surface area (Å²) in [5.41, 5.74) is 8.70. The van der Waals surface area contributed by atoms with Crippen LogP contribution in [0.25, 0.3) is 11.0 Å². The fourth-order valence-corrected chi connectivity index (χ4v) is 3.35. The monoisotopic (exact) mass is 326 g/mol. The zero-order valence-corrected chi connectivity index (χ0v) is 13.2. The summed E-state index contributed by atoms with van der Waals surface area (Å²) in [6.45, 7) is 1.78. The number of carbonyl (C=O) groups is 2. The number of aromatic nitrogens is 2. The third-order valence-electron chi connectivity index (χ3n) is 3.41. The molecule has 116 valence electrons. The van der Waals surface area contributed by atoms with Crippen molar-refractivity contribution < 1.29 is 9.59 Å². The summed E-state index contributed by atoms with van der Waals surface area (Å²) in [5.74, 6) is -0.775. The highest BCUT2D eigenvalue weighted by Crippen LogP contribution is 2.27. The number of rotatable bonds is 4. The molecule has 6 nitrogen and oxygen atoms in total. The van der Waals surface area contributed by atoms with E-state index in [1.165, 1.54) is 11.3 Å². The maximum atomic E-state index is 12.3. The van der Waals surface area contributed by atoms with Gasteiger partial charge in [-0.25, -0.2) is 0 Å². The van der Waals surface area contributed by atoms with Gasteiger partial charge < -0.3 is 11.1 Å². The number of benzene rings is 1. The average molecular weight is 326 g/mol. The first kappa shape index (κ1) is 15.1. The predicted molar refractivity (Wildman–Crippen MR) is 89.4 cm³/mol. The summed E-state index contributed by atoms with van der Waals surface area (Å²) in [5, 5.41) is 5.03. The Morgan fingerprint density at radius 3 is 2.83 bits per heavy atom. The highest BCUT2D eigenvalue weighted by molar-refractivity contribution is 7.15. The second-order valence-corrected chi connectivity index (χ2v) is 5.93. The van der Waals surface area contributed by atoms with Crippen LogP contribution < -0.4 is 11.1 Å². The zero-order chi connectivity index (χ0) is 16.4. The predicted octanol–water partition coefficient (Wildman–Crippen LogP) is 2.28. The van der Waals surface area contributed by atoms with Crippen LogP contribution in [0.5, 0.6) is 0 Å². The van der Waals surface area contributed by atoms with Gasteiger partial charge in [-0.15, -0.1) is 11.3 Å². The largest absolute Gasteiger partial charge is 0.365 e. The Hall–Kier alpha value is -2.80. The number of para-hydroxylation sites is 1. The molecule has 0 bridgehead atoms. The minimum atomic E-state index is -0.546. The van der Waals surface area contributed by atoms with E-state index < -0.39 is 5.91 Å². The molecule has 2 heterocycles. The maximum absolute atomic E-state index is 12.3. The molecular formula is C16H14N4O2S. The van der Waals surface area contributed by atoms with Crippen LogP contribution in [-0.4, -0.2) is 21.8 Å². The minimum Gasteiger partial charge on any atom is -0.365 e. The Morgan fingerprint density at radius 2 is 2.04 bits per heavy atom. The van der Waals surface area contributed by atoms with Crippen LogP contribution in [0.4, 0.5) is 5.00 Å². The van der Waals surface area contributed by atoms with Gasteiger partial charge in [0.2, 0.25) is 5.91 Å². The lowest BCUT2D eigenvalue weighted by Crippen LogP contribution is -2.18. The summed E-state index contributed by atoms with van der Waals surface area (Å²) in [7, 11) is 0. The van der Waals surface area contributed by atoms with E-state index in [-0.39, 0.29) is 12.3 Å². The summed E-state index contributed by atoms with van der Waals surface area (Å²) < 4.78 is 0. The lowest BCUT2D eigenvalue weighted by atomic mass is 10.1. The molecule has 3 aromatic rings. The molecule has 0 radical (unpaired) electrons. The Labute approximate surface area is 136 Å². The van der Waals surface area contributed by atoms with Crippen molar-refractivity contribution in [3.63, 3.8) is 0 Å². The van der Waals surface area contributed by atoms with Crippen molar-refractivity contribution in [2.45, 2.75) is 13.3 Å². The van der Waals surface area contributed by atoms with Gasteiger partial charge in [-0.2, -0.15) is 0 Å². The molecule has 0 unspecified atom stereocenters. The smallest absolute Gasteiger partial charge is 0.251 e. The van der Waals surface area contributed by atoms with Crippen LogP contribution in [-0.2, 0) is 11.2 Å². The van der Waals surface area contributed by atoms with Gasteiger partial charge in [-0.1, -0.05) is 12.1 Å². The number of nitrogens with one attached hydrogen (secondary N) is 1. The first-order valence-electron chi connectivity index (χ1n) is 6.92. The molecule has 0 saturated carbocycles. The normalized spacial score (nSPS) is 10.7. The third kappa shape index (κ3) is 3.04. The number of hydrogen-bond donors (Lipinski definition) is 2. The Bertz CT molecular complexity index is 899. The van der Waals surface area contributed by atoms with Crippen molar-refractivity contribution in [3.05, 3.63) is 52.7 Å². The number of hydrogen-bond acceptors (Lipinski definition) is 5. The number of nitrogens with two attached hydrogens (primary N) is 1. The summed E-state index contributed by atoms with van der Waals surface area (Å²) >= 11 is 1.29. The van der Waals surface area contributed by atoms with Gasteiger partial charge in [-0.05, 0) is 29.5 Å². The molecule has 0 fully saturated rings. The molecule has 2 aromatic heterocycles. The standard InChI is InChI=1S/C16H14N4O2S/c1-9-8-23-16(13(9)15(17)22)20-12(21)7-10-3-2-4-11-14(10)19-6-5-18-11/h2-6,8H,7H2,1H3,(H2,17,22)(H,20,21). The Balaban J connectivity index is 1.84. The van der Waals surface area contributed by atoms with Crippen molar-refractivity contribution >= 4 is 39.2 Å². The highest BCUT2D eigenvalue weighted by atomic mass is 32.1. The summed E-state index contributed by atoms with van der Waals surface area (Å²) in [4.78, 5) is 32.3. The van der Waals surface area contributed by atoms with E-state index in [2.05, 4.69) is 15.3 Å². The number of amides is 2. The van der Waals surface area contributed by atoms with Crippen LogP contribution in [0.2, 0.25) is 0 Å². The molecule has 1 aromatic carbocycles. The second kappa shape index (κ2) is 6.13. The first-order chi connectivity index (χ1) is 11.1. The van der Waals surface area contributed by atoms with Gasteiger partial charge in [0.15, 0.2) is 0 Å². The average Bonchev–Trinajstić information content (AvgIpc) is 2.88. The number of anilines is 1. The van der Waals surface area contributed by atoms with Crippen LogP contribution >= 0.6 is 11.3 Å². The van der Waals surface area contributed by atoms with E-state index in [1.807, 2.05) is 18.2 Å². The number of carbonyl (C=O) groups excluding carboxylic acids is 2.